The summed E-state index contributed by atoms with van der Waals surface area (Å²) in [6.07, 6.45) is 4.25. The van der Waals surface area contributed by atoms with Crippen molar-refractivity contribution in [2.75, 3.05) is 71.1 Å². The number of unbranched alkanes of at least 4 members (excludes halogenated alkanes) is 2. The van der Waals surface area contributed by atoms with Crippen LogP contribution in [0.2, 0.25) is 0 Å². The fourth-order valence-corrected chi connectivity index (χ4v) is 9.11. The van der Waals surface area contributed by atoms with Crippen LogP contribution >= 0.6 is 0 Å². The highest BCUT2D eigenvalue weighted by Gasteiger charge is 2.49. The second-order valence-corrected chi connectivity index (χ2v) is 19.1. The van der Waals surface area contributed by atoms with Gasteiger partial charge in [-0.3, -0.25) is 33.7 Å². The number of hydrogen-bond acceptors (Lipinski definition) is 15. The van der Waals surface area contributed by atoms with Crippen LogP contribution in [0.3, 0.4) is 0 Å². The molecule has 0 bridgehead atoms. The first-order chi connectivity index (χ1) is 36.7. The number of benzene rings is 2. The maximum absolute atomic E-state index is 13.3. The van der Waals surface area contributed by atoms with E-state index in [2.05, 4.69) is 10.6 Å². The third-order valence-electron chi connectivity index (χ3n) is 13.5. The summed E-state index contributed by atoms with van der Waals surface area (Å²) in [5.41, 5.74) is 3.48. The molecule has 5 atom stereocenters. The van der Waals surface area contributed by atoms with Gasteiger partial charge >= 0.3 is 5.97 Å². The molecule has 7 rings (SSSR count). The Balaban J connectivity index is 0.00000961. The topological polar surface area (TPSA) is 281 Å². The second-order valence-electron chi connectivity index (χ2n) is 19.1. The number of aromatic nitrogens is 1. The highest BCUT2D eigenvalue weighted by molar-refractivity contribution is 6.25. The van der Waals surface area contributed by atoms with E-state index in [0.717, 1.165) is 62.7 Å². The third-order valence-corrected chi connectivity index (χ3v) is 13.5. The molecule has 3 aromatic rings. The van der Waals surface area contributed by atoms with Crippen molar-refractivity contribution in [1.29, 1.82) is 0 Å². The number of carbonyl (C=O) groups is 7. The average Bonchev–Trinajstić information content (AvgIpc) is 4.19. The number of likely N-dealkylation sites (tertiary alicyclic amines) is 2. The number of imide groups is 1. The summed E-state index contributed by atoms with van der Waals surface area (Å²) in [5, 5.41) is 46.2. The number of aliphatic hydroxyl groups is 3. The van der Waals surface area contributed by atoms with Crippen LogP contribution in [-0.2, 0) is 54.3 Å². The Morgan fingerprint density at radius 1 is 0.766 bits per heavy atom. The first kappa shape index (κ1) is 59.5. The molecule has 21 nitrogen and oxygen atoms in total. The van der Waals surface area contributed by atoms with Crippen molar-refractivity contribution >= 4 is 53.1 Å². The zero-order valence-electron chi connectivity index (χ0n) is 43.4. The SMILES string of the molecule is O=C(/C=C/c1ccc[n+](Cc2ccc(O[C@@H]3O[C@H](C(=O)O)[C@@H](O)[C@H](O)[C@H]3O)c(NC(=O)CCNC(=O)CCOCCOCCOCCN3C(=O)C4=C(C4)C3=O)c2)c1)CCCCCC1CCN(C(=O)c2ccccc2)CC1.[CH3-]. The minimum absolute atomic E-state index is 0. The van der Waals surface area contributed by atoms with Crippen molar-refractivity contribution in [2.45, 2.75) is 101 Å². The number of hydrogen-bond donors (Lipinski definition) is 6. The number of rotatable bonds is 30. The second kappa shape index (κ2) is 29.7. The number of nitrogens with one attached hydrogen (secondary N) is 2. The van der Waals surface area contributed by atoms with E-state index in [4.69, 9.17) is 23.7 Å². The molecule has 2 saturated heterocycles. The summed E-state index contributed by atoms with van der Waals surface area (Å²) in [5.74, 6) is -2.31. The van der Waals surface area contributed by atoms with Crippen molar-refractivity contribution in [2.24, 2.45) is 5.92 Å². The van der Waals surface area contributed by atoms with Crippen LogP contribution in [0.1, 0.15) is 85.7 Å². The minimum atomic E-state index is -1.94. The third kappa shape index (κ3) is 17.7. The Hall–Kier alpha value is -6.72. The summed E-state index contributed by atoms with van der Waals surface area (Å²) in [4.78, 5) is 90.2. The van der Waals surface area contributed by atoms with Crippen LogP contribution in [0.25, 0.3) is 6.08 Å². The maximum Gasteiger partial charge on any atom is 0.335 e. The molecule has 0 spiro atoms. The zero-order valence-corrected chi connectivity index (χ0v) is 43.4. The number of pyridine rings is 1. The first-order valence-electron chi connectivity index (χ1n) is 25.9. The molecular formula is C56H71N5O16. The van der Waals surface area contributed by atoms with Crippen molar-refractivity contribution in [1.82, 2.24) is 15.1 Å². The number of aliphatic carboxylic acids is 1. The van der Waals surface area contributed by atoms with Gasteiger partial charge in [0.05, 0.1) is 51.9 Å². The van der Waals surface area contributed by atoms with Gasteiger partial charge in [0.1, 0.15) is 24.1 Å². The smallest absolute Gasteiger partial charge is 0.335 e. The molecule has 4 aliphatic rings. The van der Waals surface area contributed by atoms with E-state index in [-0.39, 0.29) is 114 Å². The molecule has 1 aliphatic carbocycles. The van der Waals surface area contributed by atoms with Crippen LogP contribution in [0.15, 0.2) is 90.3 Å². The summed E-state index contributed by atoms with van der Waals surface area (Å²) >= 11 is 0. The molecule has 1 aromatic heterocycles. The fraction of sp³-hybridized carbons (Fsp3) is 0.482. The van der Waals surface area contributed by atoms with E-state index in [1.165, 1.54) is 11.0 Å². The highest BCUT2D eigenvalue weighted by Crippen LogP contribution is 2.40. The number of allylic oxidation sites excluding steroid dienone is 1. The molecule has 2 aromatic carbocycles. The molecule has 2 fully saturated rings. The molecule has 0 saturated carbocycles. The Morgan fingerprint density at radius 3 is 2.18 bits per heavy atom. The number of ether oxygens (including phenoxy) is 5. The van der Waals surface area contributed by atoms with Gasteiger partial charge in [0.15, 0.2) is 30.8 Å². The van der Waals surface area contributed by atoms with Crippen molar-refractivity contribution in [3.05, 3.63) is 114 Å². The maximum atomic E-state index is 13.3. The van der Waals surface area contributed by atoms with Crippen molar-refractivity contribution in [3.63, 3.8) is 0 Å². The van der Waals surface area contributed by atoms with Gasteiger partial charge in [-0.05, 0) is 73.7 Å². The largest absolute Gasteiger partial charge is 0.479 e. The van der Waals surface area contributed by atoms with Gasteiger partial charge in [-0.1, -0.05) is 37.5 Å². The predicted molar refractivity (Wildman–Crippen MR) is 277 cm³/mol. The summed E-state index contributed by atoms with van der Waals surface area (Å²) in [6.45, 7) is 3.31. The van der Waals surface area contributed by atoms with E-state index in [0.29, 0.717) is 42.0 Å². The Labute approximate surface area is 447 Å². The molecule has 21 heteroatoms. The number of carbonyl (C=O) groups excluding carboxylic acids is 6. The summed E-state index contributed by atoms with van der Waals surface area (Å²) in [6, 6.07) is 17.8. The van der Waals surface area contributed by atoms with Crippen LogP contribution in [-0.4, -0.2) is 168 Å². The Kier molecular flexibility index (Phi) is 23.0. The van der Waals surface area contributed by atoms with Gasteiger partial charge in [-0.2, -0.15) is 0 Å². The van der Waals surface area contributed by atoms with E-state index in [1.807, 2.05) is 64.3 Å². The lowest BCUT2D eigenvalue weighted by atomic mass is 9.90. The number of amides is 5. The lowest BCUT2D eigenvalue weighted by molar-refractivity contribution is -0.688. The molecule has 77 heavy (non-hydrogen) atoms. The van der Waals surface area contributed by atoms with Crippen LogP contribution in [0.5, 0.6) is 5.75 Å². The molecule has 4 heterocycles. The lowest BCUT2D eigenvalue weighted by Gasteiger charge is -2.38. The molecule has 5 amide bonds. The molecule has 6 N–H and O–H groups in total. The fourth-order valence-electron chi connectivity index (χ4n) is 9.11. The number of carboxylic acids is 1. The van der Waals surface area contributed by atoms with Gasteiger partial charge in [-0.15, -0.1) is 0 Å². The molecule has 0 radical (unpaired) electrons. The van der Waals surface area contributed by atoms with E-state index >= 15 is 0 Å². The summed E-state index contributed by atoms with van der Waals surface area (Å²) < 4.78 is 29.4. The van der Waals surface area contributed by atoms with Gasteiger partial charge in [0, 0.05) is 79.2 Å². The number of anilines is 1. The molecule has 0 unspecified atom stereocenters. The van der Waals surface area contributed by atoms with Crippen molar-refractivity contribution < 1.29 is 82.2 Å². The molecule has 3 aliphatic heterocycles. The number of nitrogens with zero attached hydrogens (tertiary/aromatic N) is 3. The van der Waals surface area contributed by atoms with Gasteiger partial charge < -0.3 is 67.1 Å². The highest BCUT2D eigenvalue weighted by atomic mass is 16.7. The summed E-state index contributed by atoms with van der Waals surface area (Å²) in [7, 11) is 0. The monoisotopic (exact) mass is 1070 g/mol. The predicted octanol–water partition coefficient (Wildman–Crippen LogP) is 2.78. The molecule has 416 valence electrons. The quantitative estimate of drug-likeness (QED) is 0.0184. The number of aliphatic hydroxyl groups excluding tert-OH is 3. The Morgan fingerprint density at radius 2 is 1.47 bits per heavy atom. The first-order valence-corrected chi connectivity index (χ1v) is 25.9. The van der Waals surface area contributed by atoms with Gasteiger partial charge in [0.25, 0.3) is 17.7 Å². The number of carboxylic acid groups (broad SMARTS) is 1. The average molecular weight is 1070 g/mol. The van der Waals surface area contributed by atoms with Gasteiger partial charge in [0.2, 0.25) is 18.1 Å². The van der Waals surface area contributed by atoms with Crippen molar-refractivity contribution in [3.8, 4) is 5.75 Å². The normalized spacial score (nSPS) is 20.2. The van der Waals surface area contributed by atoms with E-state index in [9.17, 15) is 54.0 Å². The number of piperidine rings is 2. The Bertz CT molecular complexity index is 2560. The van der Waals surface area contributed by atoms with Crippen LogP contribution < -0.4 is 19.9 Å². The van der Waals surface area contributed by atoms with Crippen LogP contribution in [0.4, 0.5) is 5.69 Å². The van der Waals surface area contributed by atoms with Crippen LogP contribution in [0, 0.1) is 13.3 Å². The van der Waals surface area contributed by atoms with Gasteiger partial charge in [-0.25, -0.2) is 9.36 Å². The standard InChI is InChI=1S/C55H67N5O16.CH3/c61-40(12-6-1-3-8-36-18-23-59(24-19-36)51(67)39-10-4-2-5-11-39)15-13-37-9-7-22-58(34-37)35-38-14-16-44(75-55-49(66)47(64)48(65)50(76-55)54(70)71)43(32-38)57-46(63)17-21-56-45(62)20-26-72-28-30-74-31-29-73-27-25-60-52(68)41-33-42(41)53(60)69;/h2,4-5,7,9-11,13-16,22,32,34,36,47-50,55,64-66H,1,3,6,8,12,17-21,23-31,33,35H2,(H2-,56,57,62,63,70,71);1H3/q;-1/p+1/b15-13+;/t47-,48-,49+,50-,55+;/m0./s1. The lowest BCUT2D eigenvalue weighted by Crippen LogP contribution is -2.61. The minimum Gasteiger partial charge on any atom is -0.479 e. The molecular weight excluding hydrogens is 999 g/mol. The van der Waals surface area contributed by atoms with E-state index < -0.39 is 42.6 Å². The van der Waals surface area contributed by atoms with E-state index in [1.54, 1.807) is 24.3 Å². The zero-order chi connectivity index (χ0) is 54.0. The number of ketones is 1.